The topological polar surface area (TPSA) is 44.8 Å². The van der Waals surface area contributed by atoms with Gasteiger partial charge in [-0.15, -0.1) is 0 Å². The fraction of sp³-hybridized carbons (Fsp3) is 0.435. The number of nitrogens with one attached hydrogen (secondary N) is 1. The van der Waals surface area contributed by atoms with Crippen molar-refractivity contribution in [1.82, 2.24) is 10.2 Å². The highest BCUT2D eigenvalue weighted by Gasteiger charge is 2.23. The Morgan fingerprint density at radius 2 is 1.72 bits per heavy atom. The number of methoxy groups -OCH3 is 1. The Hall–Kier alpha value is -2.60. The molecular weight excluding hydrogens is 369 g/mol. The van der Waals surface area contributed by atoms with Crippen LogP contribution in [0.2, 0.25) is 0 Å². The zero-order valence-electron chi connectivity index (χ0n) is 17.4. The molecule has 1 amide bonds. The predicted molar refractivity (Wildman–Crippen MR) is 114 cm³/mol. The van der Waals surface area contributed by atoms with Crippen molar-refractivity contribution in [3.05, 3.63) is 59.9 Å². The van der Waals surface area contributed by atoms with E-state index in [4.69, 9.17) is 4.74 Å². The van der Waals surface area contributed by atoms with Gasteiger partial charge < -0.3 is 15.0 Å². The van der Waals surface area contributed by atoms with Gasteiger partial charge in [-0.3, -0.25) is 9.69 Å². The normalized spacial score (nSPS) is 16.0. The molecule has 0 radical (unpaired) electrons. The molecule has 156 valence electrons. The molecule has 1 fully saturated rings. The Balaban J connectivity index is 1.53. The van der Waals surface area contributed by atoms with E-state index in [0.717, 1.165) is 24.4 Å². The number of benzene rings is 2. The third-order valence-corrected chi connectivity index (χ3v) is 5.39. The van der Waals surface area contributed by atoms with Crippen LogP contribution in [0, 0.1) is 11.7 Å². The lowest BCUT2D eigenvalue weighted by atomic mass is 9.96. The van der Waals surface area contributed by atoms with E-state index in [1.165, 1.54) is 6.07 Å². The number of anilines is 1. The van der Waals surface area contributed by atoms with Gasteiger partial charge in [0.15, 0.2) is 0 Å². The molecule has 1 unspecified atom stereocenters. The molecule has 3 rings (SSSR count). The second-order valence-electron chi connectivity index (χ2n) is 7.78. The molecule has 0 aliphatic carbocycles. The van der Waals surface area contributed by atoms with E-state index < -0.39 is 0 Å². The smallest absolute Gasteiger partial charge is 0.234 e. The summed E-state index contributed by atoms with van der Waals surface area (Å²) in [6.07, 6.45) is 0. The molecule has 0 spiro atoms. The molecule has 1 aliphatic rings. The summed E-state index contributed by atoms with van der Waals surface area (Å²) >= 11 is 0. The quantitative estimate of drug-likeness (QED) is 0.774. The first-order valence-corrected chi connectivity index (χ1v) is 10.1. The Labute approximate surface area is 172 Å². The van der Waals surface area contributed by atoms with Gasteiger partial charge in [0.05, 0.1) is 25.4 Å². The molecule has 1 heterocycles. The number of amides is 1. The molecule has 6 heteroatoms. The van der Waals surface area contributed by atoms with Crippen molar-refractivity contribution in [2.45, 2.75) is 19.9 Å². The van der Waals surface area contributed by atoms with Crippen LogP contribution >= 0.6 is 0 Å². The van der Waals surface area contributed by atoms with Crippen molar-refractivity contribution < 1.29 is 13.9 Å². The number of para-hydroxylation sites is 1. The van der Waals surface area contributed by atoms with Gasteiger partial charge in [-0.05, 0) is 35.7 Å². The molecule has 29 heavy (non-hydrogen) atoms. The van der Waals surface area contributed by atoms with Crippen LogP contribution in [0.4, 0.5) is 10.1 Å². The second kappa shape index (κ2) is 9.74. The zero-order valence-corrected chi connectivity index (χ0v) is 17.4. The van der Waals surface area contributed by atoms with Gasteiger partial charge in [-0.1, -0.05) is 38.1 Å². The van der Waals surface area contributed by atoms with Crippen molar-refractivity contribution in [1.29, 1.82) is 0 Å². The fourth-order valence-corrected chi connectivity index (χ4v) is 3.72. The third-order valence-electron chi connectivity index (χ3n) is 5.39. The molecule has 5 nitrogen and oxygen atoms in total. The second-order valence-corrected chi connectivity index (χ2v) is 7.78. The van der Waals surface area contributed by atoms with Crippen LogP contribution in [0.3, 0.4) is 0 Å². The number of carbonyl (C=O) groups is 1. The van der Waals surface area contributed by atoms with E-state index in [1.807, 2.05) is 35.2 Å². The van der Waals surface area contributed by atoms with Gasteiger partial charge in [0.25, 0.3) is 0 Å². The van der Waals surface area contributed by atoms with E-state index >= 15 is 0 Å². The lowest BCUT2D eigenvalue weighted by Gasteiger charge is -2.36. The van der Waals surface area contributed by atoms with Crippen LogP contribution in [0.1, 0.15) is 25.5 Å². The minimum Gasteiger partial charge on any atom is -0.497 e. The summed E-state index contributed by atoms with van der Waals surface area (Å²) in [4.78, 5) is 16.8. The summed E-state index contributed by atoms with van der Waals surface area (Å²) in [6.45, 7) is 7.43. The lowest BCUT2D eigenvalue weighted by Crippen LogP contribution is -2.50. The zero-order chi connectivity index (χ0) is 20.8. The van der Waals surface area contributed by atoms with Crippen molar-refractivity contribution in [3.63, 3.8) is 0 Å². The Kier molecular flexibility index (Phi) is 7.09. The SMILES string of the molecule is COc1ccc(C(NC(=O)CN2CCN(c3ccccc3F)CC2)C(C)C)cc1. The molecule has 2 aromatic carbocycles. The first-order chi connectivity index (χ1) is 14.0. The summed E-state index contributed by atoms with van der Waals surface area (Å²) in [5.74, 6) is 0.886. The Morgan fingerprint density at radius 1 is 1.07 bits per heavy atom. The summed E-state index contributed by atoms with van der Waals surface area (Å²) in [5.41, 5.74) is 1.70. The van der Waals surface area contributed by atoms with Crippen LogP contribution < -0.4 is 15.0 Å². The van der Waals surface area contributed by atoms with Crippen molar-refractivity contribution >= 4 is 11.6 Å². The third kappa shape index (κ3) is 5.48. The average Bonchev–Trinajstić information content (AvgIpc) is 2.73. The van der Waals surface area contributed by atoms with Gasteiger partial charge in [0.2, 0.25) is 5.91 Å². The number of piperazine rings is 1. The van der Waals surface area contributed by atoms with Crippen molar-refractivity contribution in [2.75, 3.05) is 44.7 Å². The van der Waals surface area contributed by atoms with Crippen molar-refractivity contribution in [3.8, 4) is 5.75 Å². The van der Waals surface area contributed by atoms with Gasteiger partial charge >= 0.3 is 0 Å². The van der Waals surface area contributed by atoms with Crippen molar-refractivity contribution in [2.24, 2.45) is 5.92 Å². The fourth-order valence-electron chi connectivity index (χ4n) is 3.72. The van der Waals surface area contributed by atoms with E-state index in [0.29, 0.717) is 25.3 Å². The van der Waals surface area contributed by atoms with Gasteiger partial charge in [-0.2, -0.15) is 0 Å². The van der Waals surface area contributed by atoms with E-state index in [9.17, 15) is 9.18 Å². The molecule has 1 N–H and O–H groups in total. The highest BCUT2D eigenvalue weighted by molar-refractivity contribution is 5.78. The number of nitrogens with zero attached hydrogens (tertiary/aromatic N) is 2. The first-order valence-electron chi connectivity index (χ1n) is 10.1. The monoisotopic (exact) mass is 399 g/mol. The molecule has 1 aliphatic heterocycles. The molecule has 1 atom stereocenters. The summed E-state index contributed by atoms with van der Waals surface area (Å²) in [6, 6.07) is 14.6. The number of halogens is 1. The maximum absolute atomic E-state index is 14.0. The van der Waals surface area contributed by atoms with Gasteiger partial charge in [-0.25, -0.2) is 4.39 Å². The van der Waals surface area contributed by atoms with Crippen LogP contribution in [0.5, 0.6) is 5.75 Å². The number of carbonyl (C=O) groups excluding carboxylic acids is 1. The van der Waals surface area contributed by atoms with Crippen LogP contribution in [-0.4, -0.2) is 50.6 Å². The van der Waals surface area contributed by atoms with Gasteiger partial charge in [0.1, 0.15) is 11.6 Å². The Morgan fingerprint density at radius 3 is 2.31 bits per heavy atom. The van der Waals surface area contributed by atoms with Gasteiger partial charge in [0, 0.05) is 26.2 Å². The maximum atomic E-state index is 14.0. The summed E-state index contributed by atoms with van der Waals surface area (Å²) in [7, 11) is 1.64. The Bertz CT molecular complexity index is 802. The number of rotatable bonds is 7. The predicted octanol–water partition coefficient (Wildman–Crippen LogP) is 3.47. The summed E-state index contributed by atoms with van der Waals surface area (Å²) in [5, 5.41) is 3.17. The number of hydrogen-bond donors (Lipinski definition) is 1. The van der Waals surface area contributed by atoms with Crippen LogP contribution in [-0.2, 0) is 4.79 Å². The molecular formula is C23H30FN3O2. The summed E-state index contributed by atoms with van der Waals surface area (Å²) < 4.78 is 19.2. The molecule has 2 aromatic rings. The van der Waals surface area contributed by atoms with E-state index in [1.54, 1.807) is 19.2 Å². The van der Waals surface area contributed by atoms with Crippen LogP contribution in [0.15, 0.2) is 48.5 Å². The largest absolute Gasteiger partial charge is 0.497 e. The molecule has 0 bridgehead atoms. The lowest BCUT2D eigenvalue weighted by molar-refractivity contribution is -0.123. The highest BCUT2D eigenvalue weighted by atomic mass is 19.1. The number of ether oxygens (including phenoxy) is 1. The standard InChI is InChI=1S/C23H30FN3O2/c1-17(2)23(18-8-10-19(29-3)11-9-18)25-22(28)16-26-12-14-27(15-13-26)21-7-5-4-6-20(21)24/h4-11,17,23H,12-16H2,1-3H3,(H,25,28). The maximum Gasteiger partial charge on any atom is 0.234 e. The minimum absolute atomic E-state index is 0.0128. The minimum atomic E-state index is -0.196. The average molecular weight is 400 g/mol. The molecule has 0 aromatic heterocycles. The molecule has 0 saturated carbocycles. The van der Waals surface area contributed by atoms with Crippen LogP contribution in [0.25, 0.3) is 0 Å². The molecule has 1 saturated heterocycles. The number of hydrogen-bond acceptors (Lipinski definition) is 4. The van der Waals surface area contributed by atoms with E-state index in [-0.39, 0.29) is 23.7 Å². The highest BCUT2D eigenvalue weighted by Crippen LogP contribution is 2.24. The first kappa shape index (κ1) is 21.1. The van der Waals surface area contributed by atoms with E-state index in [2.05, 4.69) is 24.1 Å².